The normalized spacial score (nSPS) is 10.9. The molecule has 4 aromatic rings. The molecule has 0 aliphatic rings. The summed E-state index contributed by atoms with van der Waals surface area (Å²) >= 11 is 0. The lowest BCUT2D eigenvalue weighted by Gasteiger charge is -2.09. The monoisotopic (exact) mass is 356 g/mol. The Morgan fingerprint density at radius 2 is 1.81 bits per heavy atom. The van der Waals surface area contributed by atoms with E-state index >= 15 is 0 Å². The maximum Gasteiger partial charge on any atom is 0.255 e. The Kier molecular flexibility index (Phi) is 4.42. The lowest BCUT2D eigenvalue weighted by molar-refractivity contribution is 0.102. The van der Waals surface area contributed by atoms with E-state index in [1.165, 1.54) is 0 Å². The molecule has 0 fully saturated rings. The first-order chi connectivity index (χ1) is 13.1. The van der Waals surface area contributed by atoms with Gasteiger partial charge in [0, 0.05) is 22.8 Å². The van der Waals surface area contributed by atoms with Gasteiger partial charge in [0.15, 0.2) is 0 Å². The molecule has 0 radical (unpaired) electrons. The maximum absolute atomic E-state index is 12.6. The summed E-state index contributed by atoms with van der Waals surface area (Å²) in [6, 6.07) is 19.3. The van der Waals surface area contributed by atoms with Gasteiger partial charge < -0.3 is 5.32 Å². The molecule has 2 heterocycles. The molecule has 134 valence electrons. The molecule has 0 saturated carbocycles. The van der Waals surface area contributed by atoms with Gasteiger partial charge in [-0.15, -0.1) is 0 Å². The van der Waals surface area contributed by atoms with Gasteiger partial charge in [-0.1, -0.05) is 30.3 Å². The van der Waals surface area contributed by atoms with Crippen molar-refractivity contribution in [3.8, 4) is 0 Å². The average molecular weight is 356 g/mol. The van der Waals surface area contributed by atoms with Crippen LogP contribution >= 0.6 is 0 Å². The summed E-state index contributed by atoms with van der Waals surface area (Å²) in [6.07, 6.45) is 1.73. The van der Waals surface area contributed by atoms with E-state index in [1.54, 1.807) is 6.20 Å². The zero-order valence-corrected chi connectivity index (χ0v) is 15.3. The molecule has 0 bridgehead atoms. The van der Waals surface area contributed by atoms with Crippen molar-refractivity contribution < 1.29 is 4.79 Å². The van der Waals surface area contributed by atoms with Crippen LogP contribution in [0, 0.1) is 13.8 Å². The molecule has 1 N–H and O–H groups in total. The van der Waals surface area contributed by atoms with Crippen molar-refractivity contribution in [1.82, 2.24) is 14.8 Å². The van der Waals surface area contributed by atoms with Gasteiger partial charge in [0.25, 0.3) is 5.91 Å². The standard InChI is InChI=1S/C22H20N4O/c1-15-13-16(2)26(25-15)14-17-8-10-19(11-9-17)22(27)24-20-7-3-5-18-6-4-12-23-21(18)20/h3-13H,14H2,1-2H3,(H,24,27). The second-order valence-electron chi connectivity index (χ2n) is 6.62. The molecular formula is C22H20N4O. The van der Waals surface area contributed by atoms with Crippen LogP contribution in [0.5, 0.6) is 0 Å². The fraction of sp³-hybridized carbons (Fsp3) is 0.136. The minimum absolute atomic E-state index is 0.147. The number of aryl methyl sites for hydroxylation is 2. The topological polar surface area (TPSA) is 59.8 Å². The number of hydrogen-bond acceptors (Lipinski definition) is 3. The average Bonchev–Trinajstić information content (AvgIpc) is 2.99. The number of pyridine rings is 1. The van der Waals surface area contributed by atoms with E-state index in [-0.39, 0.29) is 5.91 Å². The van der Waals surface area contributed by atoms with E-state index in [1.807, 2.05) is 73.1 Å². The SMILES string of the molecule is Cc1cc(C)n(Cc2ccc(C(=O)Nc3cccc4cccnc34)cc2)n1. The number of aromatic nitrogens is 3. The first-order valence-electron chi connectivity index (χ1n) is 8.85. The highest BCUT2D eigenvalue weighted by Crippen LogP contribution is 2.21. The fourth-order valence-corrected chi connectivity index (χ4v) is 3.17. The van der Waals surface area contributed by atoms with Crippen LogP contribution in [-0.4, -0.2) is 20.7 Å². The fourth-order valence-electron chi connectivity index (χ4n) is 3.17. The van der Waals surface area contributed by atoms with Gasteiger partial charge in [0.05, 0.1) is 23.4 Å². The predicted molar refractivity (Wildman–Crippen MR) is 107 cm³/mol. The number of fused-ring (bicyclic) bond motifs is 1. The third-order valence-corrected chi connectivity index (χ3v) is 4.53. The van der Waals surface area contributed by atoms with Gasteiger partial charge in [-0.05, 0) is 49.7 Å². The van der Waals surface area contributed by atoms with Crippen LogP contribution in [0.15, 0.2) is 66.9 Å². The molecule has 27 heavy (non-hydrogen) atoms. The van der Waals surface area contributed by atoms with Crippen molar-refractivity contribution in [2.24, 2.45) is 0 Å². The number of rotatable bonds is 4. The Hall–Kier alpha value is -3.47. The Bertz CT molecular complexity index is 1110. The zero-order valence-electron chi connectivity index (χ0n) is 15.3. The molecule has 2 aromatic heterocycles. The van der Waals surface area contributed by atoms with Crippen LogP contribution in [0.4, 0.5) is 5.69 Å². The second-order valence-corrected chi connectivity index (χ2v) is 6.62. The molecule has 2 aromatic carbocycles. The summed E-state index contributed by atoms with van der Waals surface area (Å²) < 4.78 is 1.96. The minimum Gasteiger partial charge on any atom is -0.320 e. The Morgan fingerprint density at radius 3 is 2.56 bits per heavy atom. The quantitative estimate of drug-likeness (QED) is 0.591. The molecule has 1 amide bonds. The van der Waals surface area contributed by atoms with Crippen LogP contribution in [0.2, 0.25) is 0 Å². The highest BCUT2D eigenvalue weighted by Gasteiger charge is 2.09. The molecular weight excluding hydrogens is 336 g/mol. The zero-order chi connectivity index (χ0) is 18.8. The molecule has 0 atom stereocenters. The van der Waals surface area contributed by atoms with Crippen molar-refractivity contribution in [2.45, 2.75) is 20.4 Å². The Morgan fingerprint density at radius 1 is 1.04 bits per heavy atom. The Balaban J connectivity index is 1.51. The van der Waals surface area contributed by atoms with Gasteiger partial charge >= 0.3 is 0 Å². The lowest BCUT2D eigenvalue weighted by Crippen LogP contribution is -2.12. The smallest absolute Gasteiger partial charge is 0.255 e. The number of hydrogen-bond donors (Lipinski definition) is 1. The highest BCUT2D eigenvalue weighted by molar-refractivity contribution is 6.08. The molecule has 0 saturated heterocycles. The van der Waals surface area contributed by atoms with Crippen LogP contribution < -0.4 is 5.32 Å². The predicted octanol–water partition coefficient (Wildman–Crippen LogP) is 4.35. The summed E-state index contributed by atoms with van der Waals surface area (Å²) in [6.45, 7) is 4.72. The largest absolute Gasteiger partial charge is 0.320 e. The number of benzene rings is 2. The van der Waals surface area contributed by atoms with Crippen LogP contribution in [0.1, 0.15) is 27.3 Å². The van der Waals surface area contributed by atoms with E-state index in [2.05, 4.69) is 21.5 Å². The van der Waals surface area contributed by atoms with E-state index < -0.39 is 0 Å². The molecule has 5 heteroatoms. The van der Waals surface area contributed by atoms with Crippen molar-refractivity contribution in [3.63, 3.8) is 0 Å². The van der Waals surface area contributed by atoms with Crippen LogP contribution in [0.25, 0.3) is 10.9 Å². The van der Waals surface area contributed by atoms with E-state index in [9.17, 15) is 4.79 Å². The van der Waals surface area contributed by atoms with Gasteiger partial charge in [-0.2, -0.15) is 5.10 Å². The van der Waals surface area contributed by atoms with Crippen molar-refractivity contribution >= 4 is 22.5 Å². The van der Waals surface area contributed by atoms with Gasteiger partial charge in [-0.25, -0.2) is 0 Å². The summed E-state index contributed by atoms with van der Waals surface area (Å²) in [5, 5.41) is 8.44. The first-order valence-corrected chi connectivity index (χ1v) is 8.85. The lowest BCUT2D eigenvalue weighted by atomic mass is 10.1. The number of para-hydroxylation sites is 1. The Labute approximate surface area is 157 Å². The molecule has 0 unspecified atom stereocenters. The van der Waals surface area contributed by atoms with Gasteiger partial charge in [0.2, 0.25) is 0 Å². The van der Waals surface area contributed by atoms with Gasteiger partial charge in [0.1, 0.15) is 0 Å². The second kappa shape index (κ2) is 7.03. The maximum atomic E-state index is 12.6. The van der Waals surface area contributed by atoms with Crippen LogP contribution in [-0.2, 0) is 6.54 Å². The van der Waals surface area contributed by atoms with Gasteiger partial charge in [-0.3, -0.25) is 14.5 Å². The number of carbonyl (C=O) groups is 1. The molecule has 0 spiro atoms. The molecule has 5 nitrogen and oxygen atoms in total. The summed E-state index contributed by atoms with van der Waals surface area (Å²) in [7, 11) is 0. The minimum atomic E-state index is -0.147. The summed E-state index contributed by atoms with van der Waals surface area (Å²) in [4.78, 5) is 17.0. The van der Waals surface area contributed by atoms with E-state index in [0.717, 1.165) is 27.9 Å². The van der Waals surface area contributed by atoms with E-state index in [0.29, 0.717) is 17.8 Å². The van der Waals surface area contributed by atoms with Crippen LogP contribution in [0.3, 0.4) is 0 Å². The number of amides is 1. The van der Waals surface area contributed by atoms with Crippen molar-refractivity contribution in [2.75, 3.05) is 5.32 Å². The third kappa shape index (κ3) is 3.58. The van der Waals surface area contributed by atoms with Crippen molar-refractivity contribution in [1.29, 1.82) is 0 Å². The number of nitrogens with zero attached hydrogens (tertiary/aromatic N) is 3. The third-order valence-electron chi connectivity index (χ3n) is 4.53. The molecule has 0 aliphatic carbocycles. The molecule has 0 aliphatic heterocycles. The summed E-state index contributed by atoms with van der Waals surface area (Å²) in [5.41, 5.74) is 5.34. The number of anilines is 1. The first kappa shape index (κ1) is 17.0. The number of carbonyl (C=O) groups excluding carboxylic acids is 1. The number of nitrogens with one attached hydrogen (secondary N) is 1. The summed E-state index contributed by atoms with van der Waals surface area (Å²) in [5.74, 6) is -0.147. The van der Waals surface area contributed by atoms with Crippen molar-refractivity contribution in [3.05, 3.63) is 89.4 Å². The highest BCUT2D eigenvalue weighted by atomic mass is 16.1. The van der Waals surface area contributed by atoms with E-state index in [4.69, 9.17) is 0 Å². The molecule has 4 rings (SSSR count).